The van der Waals surface area contributed by atoms with Crippen molar-refractivity contribution in [1.82, 2.24) is 21.3 Å². The molecule has 0 rings (SSSR count). The Labute approximate surface area is 173 Å². The lowest BCUT2D eigenvalue weighted by atomic mass is 10.1. The molecule has 0 aromatic heterocycles. The molecule has 8 N–H and O–H groups in total. The quantitative estimate of drug-likeness (QED) is 0.121. The van der Waals surface area contributed by atoms with Crippen LogP contribution < -0.4 is 32.7 Å². The van der Waals surface area contributed by atoms with E-state index in [1.807, 2.05) is 0 Å². The van der Waals surface area contributed by atoms with E-state index in [-0.39, 0.29) is 5.91 Å². The van der Waals surface area contributed by atoms with Crippen LogP contribution in [0.2, 0.25) is 0 Å². The van der Waals surface area contributed by atoms with Crippen molar-refractivity contribution in [2.45, 2.75) is 83.6 Å². The van der Waals surface area contributed by atoms with Crippen LogP contribution in [0.5, 0.6) is 0 Å². The van der Waals surface area contributed by atoms with Gasteiger partial charge in [-0.25, -0.2) is 0 Å². The first kappa shape index (κ1) is 27.3. The minimum absolute atomic E-state index is 0.0557. The molecular formula is C21H48N6O. The summed E-state index contributed by atoms with van der Waals surface area (Å²) in [6.07, 6.45) is 12.6. The molecule has 0 aromatic carbocycles. The van der Waals surface area contributed by atoms with Crippen molar-refractivity contribution < 1.29 is 4.79 Å². The number of unbranched alkanes of at least 4 members (excludes halogenated alkanes) is 6. The molecule has 0 saturated heterocycles. The van der Waals surface area contributed by atoms with E-state index in [1.54, 1.807) is 0 Å². The first-order valence-corrected chi connectivity index (χ1v) is 11.6. The molecule has 0 bridgehead atoms. The van der Waals surface area contributed by atoms with Crippen molar-refractivity contribution in [1.29, 1.82) is 0 Å². The summed E-state index contributed by atoms with van der Waals surface area (Å²) < 4.78 is 0. The number of hydrogen-bond donors (Lipinski definition) is 6. The van der Waals surface area contributed by atoms with Crippen molar-refractivity contribution >= 4 is 5.91 Å². The lowest BCUT2D eigenvalue weighted by Crippen LogP contribution is -2.44. The average molecular weight is 401 g/mol. The Kier molecular flexibility index (Phi) is 22.0. The highest BCUT2D eigenvalue weighted by molar-refractivity contribution is 5.81. The van der Waals surface area contributed by atoms with Crippen LogP contribution in [-0.2, 0) is 4.79 Å². The van der Waals surface area contributed by atoms with Gasteiger partial charge in [0.05, 0.1) is 12.7 Å². The van der Waals surface area contributed by atoms with E-state index in [1.165, 1.54) is 32.1 Å². The van der Waals surface area contributed by atoms with Crippen LogP contribution in [0.1, 0.15) is 77.6 Å². The predicted molar refractivity (Wildman–Crippen MR) is 120 cm³/mol. The summed E-state index contributed by atoms with van der Waals surface area (Å²) in [6.45, 7) is 8.51. The number of amides is 1. The summed E-state index contributed by atoms with van der Waals surface area (Å²) in [5.41, 5.74) is 11.4. The minimum atomic E-state index is -0.400. The second-order valence-electron chi connectivity index (χ2n) is 7.58. The van der Waals surface area contributed by atoms with Crippen LogP contribution in [0.25, 0.3) is 0 Å². The van der Waals surface area contributed by atoms with Gasteiger partial charge in [0.1, 0.15) is 0 Å². The molecule has 1 amide bonds. The van der Waals surface area contributed by atoms with Gasteiger partial charge in [0.25, 0.3) is 0 Å². The third-order valence-electron chi connectivity index (χ3n) is 4.81. The van der Waals surface area contributed by atoms with Crippen LogP contribution >= 0.6 is 0 Å². The molecule has 0 unspecified atom stereocenters. The second kappa shape index (κ2) is 22.6. The van der Waals surface area contributed by atoms with Gasteiger partial charge in [-0.15, -0.1) is 0 Å². The molecule has 0 heterocycles. The molecule has 0 aliphatic carbocycles. The fourth-order valence-corrected chi connectivity index (χ4v) is 2.95. The molecule has 0 aliphatic rings. The third-order valence-corrected chi connectivity index (χ3v) is 4.81. The predicted octanol–water partition coefficient (Wildman–Crippen LogP) is 1.43. The van der Waals surface area contributed by atoms with Crippen molar-refractivity contribution in [2.75, 3.05) is 45.9 Å². The Hall–Kier alpha value is -0.730. The molecular weight excluding hydrogens is 352 g/mol. The SMILES string of the molecule is CCCCCCCNCCCC[C@H](N)C(=O)NCNCCCCNCCCN. The number of hydrogen-bond acceptors (Lipinski definition) is 6. The Bertz CT molecular complexity index is 330. The maximum Gasteiger partial charge on any atom is 0.237 e. The Morgan fingerprint density at radius 1 is 0.750 bits per heavy atom. The van der Waals surface area contributed by atoms with Gasteiger partial charge in [-0.3, -0.25) is 10.1 Å². The van der Waals surface area contributed by atoms with E-state index in [0.29, 0.717) is 6.67 Å². The van der Waals surface area contributed by atoms with Crippen LogP contribution in [-0.4, -0.2) is 57.9 Å². The van der Waals surface area contributed by atoms with Gasteiger partial charge in [0, 0.05) is 0 Å². The van der Waals surface area contributed by atoms with Crippen molar-refractivity contribution in [3.8, 4) is 0 Å². The fourth-order valence-electron chi connectivity index (χ4n) is 2.95. The molecule has 0 saturated carbocycles. The Balaban J connectivity index is 3.31. The highest BCUT2D eigenvalue weighted by Gasteiger charge is 2.11. The van der Waals surface area contributed by atoms with Crippen molar-refractivity contribution in [3.05, 3.63) is 0 Å². The van der Waals surface area contributed by atoms with Crippen LogP contribution in [0, 0.1) is 0 Å². The van der Waals surface area contributed by atoms with Gasteiger partial charge < -0.3 is 27.4 Å². The zero-order chi connectivity index (χ0) is 20.7. The van der Waals surface area contributed by atoms with Gasteiger partial charge >= 0.3 is 0 Å². The molecule has 7 heteroatoms. The number of carbonyl (C=O) groups is 1. The maximum absolute atomic E-state index is 12.0. The van der Waals surface area contributed by atoms with Gasteiger partial charge in [-0.2, -0.15) is 0 Å². The zero-order valence-electron chi connectivity index (χ0n) is 18.4. The number of carbonyl (C=O) groups excluding carboxylic acids is 1. The smallest absolute Gasteiger partial charge is 0.237 e. The fraction of sp³-hybridized carbons (Fsp3) is 0.952. The van der Waals surface area contributed by atoms with Gasteiger partial charge in [-0.05, 0) is 77.8 Å². The highest BCUT2D eigenvalue weighted by Crippen LogP contribution is 2.02. The van der Waals surface area contributed by atoms with Crippen LogP contribution in [0.15, 0.2) is 0 Å². The molecule has 7 nitrogen and oxygen atoms in total. The minimum Gasteiger partial charge on any atom is -0.342 e. The summed E-state index contributed by atoms with van der Waals surface area (Å²) in [4.78, 5) is 12.0. The van der Waals surface area contributed by atoms with Crippen LogP contribution in [0.4, 0.5) is 0 Å². The molecule has 0 aliphatic heterocycles. The second-order valence-corrected chi connectivity index (χ2v) is 7.58. The molecule has 168 valence electrons. The largest absolute Gasteiger partial charge is 0.342 e. The summed E-state index contributed by atoms with van der Waals surface area (Å²) >= 11 is 0. The van der Waals surface area contributed by atoms with E-state index in [2.05, 4.69) is 28.2 Å². The lowest BCUT2D eigenvalue weighted by molar-refractivity contribution is -0.122. The first-order valence-electron chi connectivity index (χ1n) is 11.6. The summed E-state index contributed by atoms with van der Waals surface area (Å²) in [5.74, 6) is -0.0557. The topological polar surface area (TPSA) is 117 Å². The molecule has 1 atom stereocenters. The molecule has 0 spiro atoms. The highest BCUT2D eigenvalue weighted by atomic mass is 16.2. The van der Waals surface area contributed by atoms with E-state index in [9.17, 15) is 4.79 Å². The standard InChI is InChI=1S/C21H48N6O/c1-2-3-4-5-7-14-24-15-8-6-12-20(23)21(28)27-19-26-17-10-9-16-25-18-11-13-22/h20,24-26H,2-19,22-23H2,1H3,(H,27,28)/t20-/m0/s1. The molecule has 0 aromatic rings. The Morgan fingerprint density at radius 2 is 1.29 bits per heavy atom. The maximum atomic E-state index is 12.0. The monoisotopic (exact) mass is 400 g/mol. The Morgan fingerprint density at radius 3 is 1.93 bits per heavy atom. The summed E-state index contributed by atoms with van der Waals surface area (Å²) in [7, 11) is 0. The van der Waals surface area contributed by atoms with E-state index in [4.69, 9.17) is 11.5 Å². The van der Waals surface area contributed by atoms with Gasteiger partial charge in [-0.1, -0.05) is 39.0 Å². The van der Waals surface area contributed by atoms with Crippen molar-refractivity contribution in [3.63, 3.8) is 0 Å². The van der Waals surface area contributed by atoms with Gasteiger partial charge in [0.15, 0.2) is 0 Å². The number of nitrogens with one attached hydrogen (secondary N) is 4. The zero-order valence-corrected chi connectivity index (χ0v) is 18.4. The lowest BCUT2D eigenvalue weighted by Gasteiger charge is -2.13. The van der Waals surface area contributed by atoms with E-state index < -0.39 is 6.04 Å². The van der Waals surface area contributed by atoms with E-state index in [0.717, 1.165) is 77.8 Å². The number of rotatable bonds is 22. The summed E-state index contributed by atoms with van der Waals surface area (Å²) in [5, 5.41) is 12.9. The molecule has 28 heavy (non-hydrogen) atoms. The van der Waals surface area contributed by atoms with Crippen molar-refractivity contribution in [2.24, 2.45) is 11.5 Å². The summed E-state index contributed by atoms with van der Waals surface area (Å²) in [6, 6.07) is -0.400. The number of nitrogens with two attached hydrogens (primary N) is 2. The normalized spacial score (nSPS) is 12.2. The van der Waals surface area contributed by atoms with E-state index >= 15 is 0 Å². The molecule has 0 fully saturated rings. The van der Waals surface area contributed by atoms with Gasteiger partial charge in [0.2, 0.25) is 5.91 Å². The van der Waals surface area contributed by atoms with Crippen LogP contribution in [0.3, 0.4) is 0 Å². The third kappa shape index (κ3) is 20.0. The average Bonchev–Trinajstić information content (AvgIpc) is 2.70. The molecule has 0 radical (unpaired) electrons. The first-order chi connectivity index (χ1) is 13.7.